The minimum atomic E-state index is -0.492. The molecule has 90 valence electrons. The average Bonchev–Trinajstić information content (AvgIpc) is 2.52. The molecule has 1 aromatic heterocycles. The van der Waals surface area contributed by atoms with Crippen molar-refractivity contribution in [1.29, 1.82) is 0 Å². The Morgan fingerprint density at radius 1 is 1.06 bits per heavy atom. The fraction of sp³-hybridized carbons (Fsp3) is 0.286. The molecule has 0 radical (unpaired) electrons. The van der Waals surface area contributed by atoms with Crippen LogP contribution in [0.3, 0.4) is 0 Å². The van der Waals surface area contributed by atoms with Crippen molar-refractivity contribution in [2.24, 2.45) is 0 Å². The quantitative estimate of drug-likeness (QED) is 0.747. The summed E-state index contributed by atoms with van der Waals surface area (Å²) < 4.78 is 28.9. The Hall–Kier alpha value is -1.64. The van der Waals surface area contributed by atoms with E-state index in [2.05, 4.69) is 0 Å². The molecule has 2 aromatic rings. The topological polar surface area (TPSA) is 4.93 Å². The summed E-state index contributed by atoms with van der Waals surface area (Å²) in [6, 6.07) is 3.96. The largest absolute Gasteiger partial charge is 0.347 e. The minimum Gasteiger partial charge on any atom is -0.347 e. The summed E-state index contributed by atoms with van der Waals surface area (Å²) in [7, 11) is 0. The van der Waals surface area contributed by atoms with Gasteiger partial charge in [-0.1, -0.05) is 6.07 Å². The Labute approximate surface area is 99.7 Å². The highest BCUT2D eigenvalue weighted by Gasteiger charge is 2.11. The zero-order valence-electron chi connectivity index (χ0n) is 10.2. The molecular weight excluding hydrogens is 220 g/mol. The third kappa shape index (κ3) is 2.09. The van der Waals surface area contributed by atoms with Crippen LogP contribution in [0.4, 0.5) is 8.78 Å². The van der Waals surface area contributed by atoms with Crippen LogP contribution in [-0.4, -0.2) is 4.57 Å². The molecule has 17 heavy (non-hydrogen) atoms. The first-order valence-electron chi connectivity index (χ1n) is 5.56. The Morgan fingerprint density at radius 3 is 2.12 bits per heavy atom. The highest BCUT2D eigenvalue weighted by molar-refractivity contribution is 5.30. The Balaban J connectivity index is 2.41. The average molecular weight is 235 g/mol. The normalized spacial score (nSPS) is 10.9. The van der Waals surface area contributed by atoms with Crippen LogP contribution >= 0.6 is 0 Å². The molecule has 0 aliphatic heterocycles. The predicted octanol–water partition coefficient (Wildman–Crippen LogP) is 3.74. The lowest BCUT2D eigenvalue weighted by atomic mass is 10.2. The van der Waals surface area contributed by atoms with Gasteiger partial charge in [-0.25, -0.2) is 8.78 Å². The summed E-state index contributed by atoms with van der Waals surface area (Å²) in [4.78, 5) is 0. The number of nitrogens with zero attached hydrogens (tertiary/aromatic N) is 1. The Morgan fingerprint density at radius 2 is 1.65 bits per heavy atom. The first-order valence-corrected chi connectivity index (χ1v) is 5.56. The molecule has 3 heteroatoms. The van der Waals surface area contributed by atoms with E-state index in [0.717, 1.165) is 11.3 Å². The van der Waals surface area contributed by atoms with Crippen molar-refractivity contribution >= 4 is 0 Å². The van der Waals surface area contributed by atoms with Gasteiger partial charge in [0.25, 0.3) is 0 Å². The van der Waals surface area contributed by atoms with Crippen molar-refractivity contribution in [3.05, 3.63) is 58.4 Å². The maximum absolute atomic E-state index is 13.5. The van der Waals surface area contributed by atoms with Crippen molar-refractivity contribution in [3.63, 3.8) is 0 Å². The SMILES string of the molecule is Cc1cn(Cc2c(F)cccc2F)c(C)c1C. The van der Waals surface area contributed by atoms with Gasteiger partial charge in [-0.15, -0.1) is 0 Å². The Kier molecular flexibility index (Phi) is 3.01. The molecule has 1 nitrogen and oxygen atoms in total. The van der Waals surface area contributed by atoms with Gasteiger partial charge in [0.05, 0.1) is 6.54 Å². The van der Waals surface area contributed by atoms with Crippen LogP contribution in [0.1, 0.15) is 22.4 Å². The molecule has 0 unspecified atom stereocenters. The highest BCUT2D eigenvalue weighted by Crippen LogP contribution is 2.19. The number of hydrogen-bond acceptors (Lipinski definition) is 0. The van der Waals surface area contributed by atoms with E-state index in [0.29, 0.717) is 0 Å². The predicted molar refractivity (Wildman–Crippen MR) is 64.1 cm³/mol. The third-order valence-corrected chi connectivity index (χ3v) is 3.30. The molecule has 0 spiro atoms. The smallest absolute Gasteiger partial charge is 0.131 e. The maximum Gasteiger partial charge on any atom is 0.131 e. The lowest BCUT2D eigenvalue weighted by Crippen LogP contribution is -2.05. The molecule has 2 rings (SSSR count). The molecule has 0 fully saturated rings. The standard InChI is InChI=1S/C14H15F2N/c1-9-7-17(11(3)10(9)2)8-12-13(15)5-4-6-14(12)16/h4-7H,8H2,1-3H3. The zero-order chi connectivity index (χ0) is 12.6. The molecule has 0 atom stereocenters. The summed E-state index contributed by atoms with van der Waals surface area (Å²) >= 11 is 0. The molecule has 0 aliphatic carbocycles. The van der Waals surface area contributed by atoms with E-state index in [1.807, 2.05) is 31.5 Å². The van der Waals surface area contributed by atoms with Crippen molar-refractivity contribution in [1.82, 2.24) is 4.57 Å². The number of hydrogen-bond donors (Lipinski definition) is 0. The molecule has 1 heterocycles. The van der Waals surface area contributed by atoms with E-state index >= 15 is 0 Å². The van der Waals surface area contributed by atoms with Crippen LogP contribution in [-0.2, 0) is 6.54 Å². The number of halogens is 2. The van der Waals surface area contributed by atoms with Crippen LogP contribution in [0.15, 0.2) is 24.4 Å². The summed E-state index contributed by atoms with van der Waals surface area (Å²) in [5.74, 6) is -0.984. The van der Waals surface area contributed by atoms with Crippen molar-refractivity contribution in [2.75, 3.05) is 0 Å². The van der Waals surface area contributed by atoms with Gasteiger partial charge < -0.3 is 4.57 Å². The summed E-state index contributed by atoms with van der Waals surface area (Å²) in [5, 5.41) is 0. The molecule has 1 aromatic carbocycles. The maximum atomic E-state index is 13.5. The summed E-state index contributed by atoms with van der Waals surface area (Å²) in [6.45, 7) is 6.20. The molecular formula is C14H15F2N. The number of rotatable bonds is 2. The fourth-order valence-corrected chi connectivity index (χ4v) is 1.95. The van der Waals surface area contributed by atoms with E-state index in [1.54, 1.807) is 0 Å². The second-order valence-corrected chi connectivity index (χ2v) is 4.35. The second-order valence-electron chi connectivity index (χ2n) is 4.35. The molecule has 0 aliphatic rings. The van der Waals surface area contributed by atoms with E-state index in [-0.39, 0.29) is 12.1 Å². The van der Waals surface area contributed by atoms with Crippen molar-refractivity contribution in [2.45, 2.75) is 27.3 Å². The monoisotopic (exact) mass is 235 g/mol. The fourth-order valence-electron chi connectivity index (χ4n) is 1.95. The summed E-state index contributed by atoms with van der Waals surface area (Å²) in [6.07, 6.45) is 1.93. The molecule has 0 bridgehead atoms. The first kappa shape index (κ1) is 11.8. The van der Waals surface area contributed by atoms with Gasteiger partial charge in [-0.2, -0.15) is 0 Å². The highest BCUT2D eigenvalue weighted by atomic mass is 19.1. The third-order valence-electron chi connectivity index (χ3n) is 3.30. The van der Waals surface area contributed by atoms with Gasteiger partial charge in [0, 0.05) is 17.5 Å². The number of aromatic nitrogens is 1. The van der Waals surface area contributed by atoms with Gasteiger partial charge in [0.15, 0.2) is 0 Å². The molecule has 0 saturated heterocycles. The first-order chi connectivity index (χ1) is 8.00. The van der Waals surface area contributed by atoms with E-state index < -0.39 is 11.6 Å². The van der Waals surface area contributed by atoms with E-state index in [4.69, 9.17) is 0 Å². The Bertz CT molecular complexity index is 535. The molecule has 0 saturated carbocycles. The van der Waals surface area contributed by atoms with Crippen LogP contribution in [0.2, 0.25) is 0 Å². The van der Waals surface area contributed by atoms with Gasteiger partial charge in [0.2, 0.25) is 0 Å². The van der Waals surface area contributed by atoms with E-state index in [1.165, 1.54) is 23.8 Å². The van der Waals surface area contributed by atoms with Crippen LogP contribution in [0, 0.1) is 32.4 Å². The van der Waals surface area contributed by atoms with Gasteiger partial charge in [-0.05, 0) is 44.0 Å². The van der Waals surface area contributed by atoms with Gasteiger partial charge in [0.1, 0.15) is 11.6 Å². The summed E-state index contributed by atoms with van der Waals surface area (Å²) in [5.41, 5.74) is 3.47. The van der Waals surface area contributed by atoms with Crippen molar-refractivity contribution < 1.29 is 8.78 Å². The van der Waals surface area contributed by atoms with Crippen LogP contribution in [0.25, 0.3) is 0 Å². The molecule has 0 amide bonds. The second kappa shape index (κ2) is 4.32. The zero-order valence-corrected chi connectivity index (χ0v) is 10.2. The lowest BCUT2D eigenvalue weighted by Gasteiger charge is -2.08. The van der Waals surface area contributed by atoms with Crippen molar-refractivity contribution in [3.8, 4) is 0 Å². The van der Waals surface area contributed by atoms with Gasteiger partial charge in [-0.3, -0.25) is 0 Å². The van der Waals surface area contributed by atoms with Crippen LogP contribution in [0.5, 0.6) is 0 Å². The minimum absolute atomic E-state index is 0.116. The molecule has 0 N–H and O–H groups in total. The van der Waals surface area contributed by atoms with E-state index in [9.17, 15) is 8.78 Å². The van der Waals surface area contributed by atoms with Gasteiger partial charge >= 0.3 is 0 Å². The lowest BCUT2D eigenvalue weighted by molar-refractivity contribution is 0.543. The number of benzene rings is 1. The van der Waals surface area contributed by atoms with Crippen LogP contribution < -0.4 is 0 Å². The number of aryl methyl sites for hydroxylation is 1.